The van der Waals surface area contributed by atoms with E-state index in [1.54, 1.807) is 35.2 Å². The number of carbonyl (C=O) groups is 2. The van der Waals surface area contributed by atoms with Gasteiger partial charge in [-0.1, -0.05) is 55.5 Å². The lowest BCUT2D eigenvalue weighted by Gasteiger charge is -2.31. The molecule has 0 radical (unpaired) electrons. The lowest BCUT2D eigenvalue weighted by Crippen LogP contribution is -2.50. The predicted octanol–water partition coefficient (Wildman–Crippen LogP) is 3.07. The van der Waals surface area contributed by atoms with Crippen molar-refractivity contribution in [3.05, 3.63) is 66.2 Å². The fourth-order valence-corrected chi connectivity index (χ4v) is 4.91. The summed E-state index contributed by atoms with van der Waals surface area (Å²) in [4.78, 5) is 27.6. The van der Waals surface area contributed by atoms with Gasteiger partial charge in [0.05, 0.1) is 4.90 Å². The lowest BCUT2D eigenvalue weighted by atomic mass is 10.1. The molecule has 0 bridgehead atoms. The zero-order valence-electron chi connectivity index (χ0n) is 19.7. The van der Waals surface area contributed by atoms with Crippen LogP contribution < -0.4 is 5.32 Å². The average molecular weight is 474 g/mol. The number of hydrogen-bond acceptors (Lipinski definition) is 4. The van der Waals surface area contributed by atoms with E-state index in [1.807, 2.05) is 44.2 Å². The van der Waals surface area contributed by atoms with Gasteiger partial charge < -0.3 is 10.2 Å². The first-order valence-electron chi connectivity index (χ1n) is 11.4. The number of nitrogens with one attached hydrogen (secondary N) is 1. The highest BCUT2D eigenvalue weighted by atomic mass is 32.2. The first kappa shape index (κ1) is 26.5. The van der Waals surface area contributed by atoms with E-state index >= 15 is 0 Å². The van der Waals surface area contributed by atoms with Gasteiger partial charge in [0.25, 0.3) is 0 Å². The summed E-state index contributed by atoms with van der Waals surface area (Å²) in [5.74, 6) is -0.306. The first-order valence-corrected chi connectivity index (χ1v) is 12.9. The zero-order valence-corrected chi connectivity index (χ0v) is 20.6. The molecule has 0 aliphatic heterocycles. The van der Waals surface area contributed by atoms with Crippen LogP contribution in [0.1, 0.15) is 38.7 Å². The topological polar surface area (TPSA) is 86.8 Å². The van der Waals surface area contributed by atoms with Crippen LogP contribution in [0.2, 0.25) is 0 Å². The highest BCUT2D eigenvalue weighted by molar-refractivity contribution is 7.89. The van der Waals surface area contributed by atoms with E-state index in [0.29, 0.717) is 32.4 Å². The van der Waals surface area contributed by atoms with Crippen molar-refractivity contribution in [3.63, 3.8) is 0 Å². The van der Waals surface area contributed by atoms with Crippen LogP contribution in [0.25, 0.3) is 0 Å². The van der Waals surface area contributed by atoms with Gasteiger partial charge in [0, 0.05) is 33.1 Å². The van der Waals surface area contributed by atoms with Gasteiger partial charge in [-0.2, -0.15) is 0 Å². The Balaban J connectivity index is 2.04. The second-order valence-electron chi connectivity index (χ2n) is 7.88. The van der Waals surface area contributed by atoms with E-state index in [0.717, 1.165) is 5.56 Å². The van der Waals surface area contributed by atoms with Crippen LogP contribution in [0.15, 0.2) is 65.6 Å². The van der Waals surface area contributed by atoms with Gasteiger partial charge >= 0.3 is 0 Å². The molecule has 180 valence electrons. The standard InChI is InChI=1S/C25H35N3O4S/c1-4-23(25(30)26-5-2)28(20-18-21-13-8-6-9-14-21)24(29)17-12-19-27(3)33(31,32)22-15-10-7-11-16-22/h6-11,13-16,23H,4-5,12,17-20H2,1-3H3,(H,26,30)/t23-/m0/s1. The van der Waals surface area contributed by atoms with Crippen molar-refractivity contribution in [2.45, 2.75) is 50.5 Å². The maximum absolute atomic E-state index is 13.2. The Morgan fingerprint density at radius 2 is 1.55 bits per heavy atom. The smallest absolute Gasteiger partial charge is 0.242 e. The minimum atomic E-state index is -3.60. The van der Waals surface area contributed by atoms with Crippen LogP contribution in [0, 0.1) is 0 Å². The van der Waals surface area contributed by atoms with Crippen LogP contribution in [0.4, 0.5) is 0 Å². The highest BCUT2D eigenvalue weighted by Crippen LogP contribution is 2.15. The summed E-state index contributed by atoms with van der Waals surface area (Å²) >= 11 is 0. The molecule has 2 aromatic rings. The molecule has 7 nitrogen and oxygen atoms in total. The largest absolute Gasteiger partial charge is 0.355 e. The molecule has 2 amide bonds. The van der Waals surface area contributed by atoms with Crippen molar-refractivity contribution in [2.24, 2.45) is 0 Å². The molecule has 0 unspecified atom stereocenters. The minimum Gasteiger partial charge on any atom is -0.355 e. The van der Waals surface area contributed by atoms with Gasteiger partial charge in [-0.25, -0.2) is 12.7 Å². The van der Waals surface area contributed by atoms with Crippen LogP contribution in [0.3, 0.4) is 0 Å². The molecule has 0 fully saturated rings. The number of rotatable bonds is 13. The zero-order chi connectivity index (χ0) is 24.3. The van der Waals surface area contributed by atoms with Gasteiger partial charge in [-0.15, -0.1) is 0 Å². The summed E-state index contributed by atoms with van der Waals surface area (Å²) in [7, 11) is -2.08. The molecule has 1 atom stereocenters. The second kappa shape index (κ2) is 13.1. The number of likely N-dealkylation sites (N-methyl/N-ethyl adjacent to an activating group) is 1. The quantitative estimate of drug-likeness (QED) is 0.484. The van der Waals surface area contributed by atoms with Crippen molar-refractivity contribution in [1.29, 1.82) is 0 Å². The minimum absolute atomic E-state index is 0.144. The van der Waals surface area contributed by atoms with Gasteiger partial charge in [-0.3, -0.25) is 9.59 Å². The van der Waals surface area contributed by atoms with Crippen molar-refractivity contribution < 1.29 is 18.0 Å². The van der Waals surface area contributed by atoms with Crippen molar-refractivity contribution in [3.8, 4) is 0 Å². The number of benzene rings is 2. The maximum Gasteiger partial charge on any atom is 0.242 e. The molecule has 0 saturated carbocycles. The summed E-state index contributed by atoms with van der Waals surface area (Å²) in [5.41, 5.74) is 1.09. The normalized spacial score (nSPS) is 12.4. The Labute approximate surface area is 197 Å². The van der Waals surface area contributed by atoms with E-state index in [9.17, 15) is 18.0 Å². The molecule has 2 rings (SSSR count). The van der Waals surface area contributed by atoms with E-state index in [4.69, 9.17) is 0 Å². The van der Waals surface area contributed by atoms with Gasteiger partial charge in [-0.05, 0) is 43.9 Å². The average Bonchev–Trinajstić information content (AvgIpc) is 2.82. The van der Waals surface area contributed by atoms with E-state index in [-0.39, 0.29) is 29.7 Å². The van der Waals surface area contributed by atoms with Gasteiger partial charge in [0.1, 0.15) is 6.04 Å². The van der Waals surface area contributed by atoms with Crippen LogP contribution in [-0.2, 0) is 26.0 Å². The lowest BCUT2D eigenvalue weighted by molar-refractivity contribution is -0.140. The summed E-state index contributed by atoms with van der Waals surface area (Å²) in [5, 5.41) is 2.82. The number of hydrogen-bond donors (Lipinski definition) is 1. The third-order valence-corrected chi connectivity index (χ3v) is 7.41. The van der Waals surface area contributed by atoms with E-state index < -0.39 is 16.1 Å². The molecule has 0 aromatic heterocycles. The first-order chi connectivity index (χ1) is 15.8. The molecule has 0 heterocycles. The fourth-order valence-electron chi connectivity index (χ4n) is 3.68. The Kier molecular flexibility index (Phi) is 10.5. The third kappa shape index (κ3) is 7.68. The number of nitrogens with zero attached hydrogens (tertiary/aromatic N) is 2. The fraction of sp³-hybridized carbons (Fsp3) is 0.440. The molecule has 2 aromatic carbocycles. The molecule has 0 aliphatic carbocycles. The number of carbonyl (C=O) groups excluding carboxylic acids is 2. The molecule has 33 heavy (non-hydrogen) atoms. The Morgan fingerprint density at radius 3 is 2.12 bits per heavy atom. The van der Waals surface area contributed by atoms with Crippen molar-refractivity contribution in [1.82, 2.24) is 14.5 Å². The highest BCUT2D eigenvalue weighted by Gasteiger charge is 2.28. The SMILES string of the molecule is CCNC(=O)[C@H](CC)N(CCc1ccccc1)C(=O)CCCN(C)S(=O)(=O)c1ccccc1. The molecule has 1 N–H and O–H groups in total. The van der Waals surface area contributed by atoms with E-state index in [1.165, 1.54) is 11.4 Å². The third-order valence-electron chi connectivity index (χ3n) is 5.54. The molecule has 0 saturated heterocycles. The molecular formula is C25H35N3O4S. The second-order valence-corrected chi connectivity index (χ2v) is 9.93. The number of amides is 2. The summed E-state index contributed by atoms with van der Waals surface area (Å²) < 4.78 is 26.7. The van der Waals surface area contributed by atoms with Gasteiger partial charge in [0.2, 0.25) is 21.8 Å². The molecular weight excluding hydrogens is 438 g/mol. The van der Waals surface area contributed by atoms with Crippen molar-refractivity contribution >= 4 is 21.8 Å². The summed E-state index contributed by atoms with van der Waals surface area (Å²) in [6, 6.07) is 17.5. The van der Waals surface area contributed by atoms with Crippen LogP contribution >= 0.6 is 0 Å². The Hall–Kier alpha value is -2.71. The Morgan fingerprint density at radius 1 is 0.939 bits per heavy atom. The number of sulfonamides is 1. The maximum atomic E-state index is 13.2. The van der Waals surface area contributed by atoms with Crippen LogP contribution in [-0.4, -0.2) is 62.2 Å². The molecule has 0 aliphatic rings. The Bertz CT molecular complexity index is 981. The molecule has 8 heteroatoms. The van der Waals surface area contributed by atoms with Gasteiger partial charge in [0.15, 0.2) is 0 Å². The van der Waals surface area contributed by atoms with Crippen molar-refractivity contribution in [2.75, 3.05) is 26.7 Å². The monoisotopic (exact) mass is 473 g/mol. The predicted molar refractivity (Wildman–Crippen MR) is 130 cm³/mol. The van der Waals surface area contributed by atoms with Crippen LogP contribution in [0.5, 0.6) is 0 Å². The summed E-state index contributed by atoms with van der Waals surface area (Å²) in [6.45, 7) is 4.88. The summed E-state index contributed by atoms with van der Waals surface area (Å²) in [6.07, 6.45) is 1.69. The van der Waals surface area contributed by atoms with E-state index in [2.05, 4.69) is 5.32 Å². The molecule has 0 spiro atoms.